The van der Waals surface area contributed by atoms with Gasteiger partial charge in [0.2, 0.25) is 0 Å². The van der Waals surface area contributed by atoms with Gasteiger partial charge < -0.3 is 9.88 Å². The normalized spacial score (nSPS) is 25.1. The van der Waals surface area contributed by atoms with Crippen molar-refractivity contribution in [2.45, 2.75) is 46.1 Å². The van der Waals surface area contributed by atoms with Crippen LogP contribution in [-0.4, -0.2) is 16.6 Å². The first-order valence-electron chi connectivity index (χ1n) is 6.63. The topological polar surface area (TPSA) is 29.9 Å². The van der Waals surface area contributed by atoms with Crippen LogP contribution in [0.3, 0.4) is 0 Å². The van der Waals surface area contributed by atoms with Crippen LogP contribution in [-0.2, 0) is 7.05 Å². The number of hydrogen-bond donors (Lipinski definition) is 1. The zero-order chi connectivity index (χ0) is 12.6. The lowest BCUT2D eigenvalue weighted by Gasteiger charge is -2.34. The van der Waals surface area contributed by atoms with Gasteiger partial charge in [0, 0.05) is 7.05 Å². The molecule has 0 saturated heterocycles. The Labute approximate surface area is 105 Å². The molecule has 1 N–H and O–H groups in total. The molecule has 3 heteroatoms. The average molecular weight is 235 g/mol. The molecule has 1 saturated carbocycles. The molecule has 1 fully saturated rings. The monoisotopic (exact) mass is 235 g/mol. The first kappa shape index (κ1) is 12.6. The molecule has 2 rings (SSSR count). The molecule has 1 aromatic heterocycles. The fourth-order valence-electron chi connectivity index (χ4n) is 3.34. The minimum absolute atomic E-state index is 0.429. The average Bonchev–Trinajstić information content (AvgIpc) is 2.77. The SMILES string of the molecule is CNC(c1cnc(C)n1C)C1CCCC1(C)C. The highest BCUT2D eigenvalue weighted by Crippen LogP contribution is 2.48. The molecule has 96 valence electrons. The van der Waals surface area contributed by atoms with Gasteiger partial charge in [-0.1, -0.05) is 20.3 Å². The summed E-state index contributed by atoms with van der Waals surface area (Å²) in [5.41, 5.74) is 1.76. The molecule has 0 spiro atoms. The van der Waals surface area contributed by atoms with Gasteiger partial charge in [-0.25, -0.2) is 4.98 Å². The van der Waals surface area contributed by atoms with Crippen molar-refractivity contribution in [3.63, 3.8) is 0 Å². The van der Waals surface area contributed by atoms with Crippen LogP contribution in [0.1, 0.15) is 50.7 Å². The number of aromatic nitrogens is 2. The molecule has 0 radical (unpaired) electrons. The maximum atomic E-state index is 4.43. The quantitative estimate of drug-likeness (QED) is 0.873. The molecule has 0 amide bonds. The van der Waals surface area contributed by atoms with Crippen molar-refractivity contribution in [3.8, 4) is 0 Å². The maximum Gasteiger partial charge on any atom is 0.105 e. The number of nitrogens with zero attached hydrogens (tertiary/aromatic N) is 2. The van der Waals surface area contributed by atoms with E-state index in [4.69, 9.17) is 0 Å². The molecule has 1 aliphatic carbocycles. The van der Waals surface area contributed by atoms with E-state index in [0.717, 1.165) is 5.82 Å². The van der Waals surface area contributed by atoms with Gasteiger partial charge in [-0.05, 0) is 38.1 Å². The van der Waals surface area contributed by atoms with Gasteiger partial charge in [0.15, 0.2) is 0 Å². The third kappa shape index (κ3) is 2.13. The Kier molecular flexibility index (Phi) is 3.30. The molecular weight excluding hydrogens is 210 g/mol. The molecule has 1 heterocycles. The third-order valence-electron chi connectivity index (χ3n) is 4.63. The molecule has 1 aliphatic rings. The van der Waals surface area contributed by atoms with Gasteiger partial charge in [0.25, 0.3) is 0 Å². The summed E-state index contributed by atoms with van der Waals surface area (Å²) in [4.78, 5) is 4.43. The predicted octanol–water partition coefficient (Wildman–Crippen LogP) is 2.82. The molecule has 0 aliphatic heterocycles. The van der Waals surface area contributed by atoms with E-state index in [2.05, 4.69) is 49.7 Å². The van der Waals surface area contributed by atoms with Gasteiger partial charge in [-0.15, -0.1) is 0 Å². The van der Waals surface area contributed by atoms with Crippen LogP contribution >= 0.6 is 0 Å². The van der Waals surface area contributed by atoms with Gasteiger partial charge in [-0.2, -0.15) is 0 Å². The van der Waals surface area contributed by atoms with E-state index >= 15 is 0 Å². The minimum Gasteiger partial charge on any atom is -0.334 e. The van der Waals surface area contributed by atoms with Crippen LogP contribution in [0.5, 0.6) is 0 Å². The standard InChI is InChI=1S/C14H25N3/c1-10-16-9-12(17(10)5)13(15-4)11-7-6-8-14(11,2)3/h9,11,13,15H,6-8H2,1-5H3. The van der Waals surface area contributed by atoms with Crippen molar-refractivity contribution in [3.05, 3.63) is 17.7 Å². The summed E-state index contributed by atoms with van der Waals surface area (Å²) >= 11 is 0. The first-order chi connectivity index (χ1) is 7.97. The van der Waals surface area contributed by atoms with E-state index in [1.165, 1.54) is 25.0 Å². The second-order valence-electron chi connectivity index (χ2n) is 6.04. The molecular formula is C14H25N3. The van der Waals surface area contributed by atoms with E-state index in [1.54, 1.807) is 0 Å². The second-order valence-corrected chi connectivity index (χ2v) is 6.04. The Morgan fingerprint density at radius 1 is 1.53 bits per heavy atom. The predicted molar refractivity (Wildman–Crippen MR) is 70.9 cm³/mol. The van der Waals surface area contributed by atoms with Crippen LogP contribution in [0.4, 0.5) is 0 Å². The molecule has 17 heavy (non-hydrogen) atoms. The Balaban J connectivity index is 2.31. The first-order valence-corrected chi connectivity index (χ1v) is 6.63. The van der Waals surface area contributed by atoms with Crippen molar-refractivity contribution >= 4 is 0 Å². The molecule has 1 aromatic rings. The summed E-state index contributed by atoms with van der Waals surface area (Å²) in [5, 5.41) is 3.51. The van der Waals surface area contributed by atoms with Gasteiger partial charge in [0.1, 0.15) is 5.82 Å². The molecule has 2 unspecified atom stereocenters. The lowest BCUT2D eigenvalue weighted by molar-refractivity contribution is 0.199. The number of hydrogen-bond acceptors (Lipinski definition) is 2. The summed E-state index contributed by atoms with van der Waals surface area (Å²) in [5.74, 6) is 1.80. The summed E-state index contributed by atoms with van der Waals surface area (Å²) < 4.78 is 2.22. The summed E-state index contributed by atoms with van der Waals surface area (Å²) in [7, 11) is 4.19. The molecule has 0 bridgehead atoms. The Hall–Kier alpha value is -0.830. The zero-order valence-corrected chi connectivity index (χ0v) is 11.7. The number of aryl methyl sites for hydroxylation is 1. The summed E-state index contributed by atoms with van der Waals surface area (Å²) in [6.45, 7) is 6.87. The van der Waals surface area contributed by atoms with E-state index in [1.807, 2.05) is 6.20 Å². The maximum absolute atomic E-state index is 4.43. The highest BCUT2D eigenvalue weighted by molar-refractivity contribution is 5.12. The van der Waals surface area contributed by atoms with Gasteiger partial charge in [-0.3, -0.25) is 0 Å². The largest absolute Gasteiger partial charge is 0.334 e. The van der Waals surface area contributed by atoms with Crippen LogP contribution in [0.2, 0.25) is 0 Å². The second kappa shape index (κ2) is 4.45. The summed E-state index contributed by atoms with van der Waals surface area (Å²) in [6, 6.07) is 0.429. The summed E-state index contributed by atoms with van der Waals surface area (Å²) in [6.07, 6.45) is 6.05. The van der Waals surface area contributed by atoms with Crippen molar-refractivity contribution in [2.75, 3.05) is 7.05 Å². The third-order valence-corrected chi connectivity index (χ3v) is 4.63. The smallest absolute Gasteiger partial charge is 0.105 e. The van der Waals surface area contributed by atoms with E-state index in [-0.39, 0.29) is 0 Å². The molecule has 3 nitrogen and oxygen atoms in total. The highest BCUT2D eigenvalue weighted by Gasteiger charge is 2.40. The fraction of sp³-hybridized carbons (Fsp3) is 0.786. The van der Waals surface area contributed by atoms with Gasteiger partial charge >= 0.3 is 0 Å². The van der Waals surface area contributed by atoms with Gasteiger partial charge in [0.05, 0.1) is 17.9 Å². The van der Waals surface area contributed by atoms with Crippen LogP contribution in [0.15, 0.2) is 6.20 Å². The van der Waals surface area contributed by atoms with Crippen LogP contribution < -0.4 is 5.32 Å². The van der Waals surface area contributed by atoms with Crippen molar-refractivity contribution in [1.82, 2.24) is 14.9 Å². The number of rotatable bonds is 3. The Morgan fingerprint density at radius 2 is 2.24 bits per heavy atom. The van der Waals surface area contributed by atoms with E-state index in [9.17, 15) is 0 Å². The number of nitrogens with one attached hydrogen (secondary N) is 1. The highest BCUT2D eigenvalue weighted by atomic mass is 15.1. The minimum atomic E-state index is 0.429. The lowest BCUT2D eigenvalue weighted by Crippen LogP contribution is -2.33. The number of imidazole rings is 1. The lowest BCUT2D eigenvalue weighted by atomic mass is 9.76. The van der Waals surface area contributed by atoms with E-state index in [0.29, 0.717) is 17.4 Å². The Bertz CT molecular complexity index is 392. The van der Waals surface area contributed by atoms with Crippen LogP contribution in [0, 0.1) is 18.3 Å². The van der Waals surface area contributed by atoms with Crippen molar-refractivity contribution in [2.24, 2.45) is 18.4 Å². The zero-order valence-electron chi connectivity index (χ0n) is 11.7. The molecule has 2 atom stereocenters. The van der Waals surface area contributed by atoms with Crippen LogP contribution in [0.25, 0.3) is 0 Å². The van der Waals surface area contributed by atoms with E-state index < -0.39 is 0 Å². The Morgan fingerprint density at radius 3 is 2.65 bits per heavy atom. The fourth-order valence-corrected chi connectivity index (χ4v) is 3.34. The molecule has 0 aromatic carbocycles. The van der Waals surface area contributed by atoms with Crippen molar-refractivity contribution < 1.29 is 0 Å². The van der Waals surface area contributed by atoms with Crippen molar-refractivity contribution in [1.29, 1.82) is 0 Å².